The van der Waals surface area contributed by atoms with E-state index in [1.54, 1.807) is 18.3 Å². The zero-order valence-corrected chi connectivity index (χ0v) is 18.7. The van der Waals surface area contributed by atoms with Crippen molar-refractivity contribution in [1.29, 1.82) is 0 Å². The van der Waals surface area contributed by atoms with Crippen LogP contribution in [-0.2, 0) is 0 Å². The minimum Gasteiger partial charge on any atom is -0.435 e. The molecule has 4 aromatic rings. The summed E-state index contributed by atoms with van der Waals surface area (Å²) in [5.41, 5.74) is 8.52. The highest BCUT2D eigenvalue weighted by Crippen LogP contribution is 2.36. The number of hydrogen-bond donors (Lipinski definition) is 1. The number of rotatable bonds is 4. The normalized spacial score (nSPS) is 14.1. The molecular formula is C23H20BrFN6O. The van der Waals surface area contributed by atoms with E-state index in [4.69, 9.17) is 10.5 Å². The molecule has 2 aromatic carbocycles. The van der Waals surface area contributed by atoms with Crippen molar-refractivity contribution in [2.75, 3.05) is 41.7 Å². The highest BCUT2D eigenvalue weighted by molar-refractivity contribution is 9.10. The third-order valence-electron chi connectivity index (χ3n) is 5.48. The number of aromatic nitrogens is 3. The van der Waals surface area contributed by atoms with E-state index in [0.717, 1.165) is 41.7 Å². The highest BCUT2D eigenvalue weighted by Gasteiger charge is 2.22. The lowest BCUT2D eigenvalue weighted by molar-refractivity contribution is 0.468. The van der Waals surface area contributed by atoms with Crippen molar-refractivity contribution in [3.05, 3.63) is 71.3 Å². The van der Waals surface area contributed by atoms with Gasteiger partial charge in [0.1, 0.15) is 23.3 Å². The molecule has 0 spiro atoms. The van der Waals surface area contributed by atoms with Crippen molar-refractivity contribution in [3.8, 4) is 11.6 Å². The number of fused-ring (bicyclic) bond motifs is 1. The van der Waals surface area contributed by atoms with E-state index < -0.39 is 0 Å². The Balaban J connectivity index is 1.36. The Hall–Kier alpha value is -3.46. The van der Waals surface area contributed by atoms with Crippen molar-refractivity contribution < 1.29 is 9.13 Å². The van der Waals surface area contributed by atoms with Gasteiger partial charge in [0.05, 0.1) is 0 Å². The van der Waals surface area contributed by atoms with Crippen LogP contribution >= 0.6 is 15.9 Å². The summed E-state index contributed by atoms with van der Waals surface area (Å²) in [4.78, 5) is 17.4. The number of piperazine rings is 1. The van der Waals surface area contributed by atoms with Gasteiger partial charge in [-0.1, -0.05) is 22.0 Å². The summed E-state index contributed by atoms with van der Waals surface area (Å²) in [6, 6.07) is 14.1. The topological polar surface area (TPSA) is 80.4 Å². The Bertz CT molecular complexity index is 1260. The molecule has 0 unspecified atom stereocenters. The SMILES string of the molecule is Nc1c(Oc2ccc(Br)c3cccnc23)ncnc1N1CCN(c2ccc(F)cc2)CC1. The number of halogens is 2. The fraction of sp³-hybridized carbons (Fsp3) is 0.174. The summed E-state index contributed by atoms with van der Waals surface area (Å²) in [6.07, 6.45) is 3.18. The molecule has 2 aromatic heterocycles. The van der Waals surface area contributed by atoms with E-state index >= 15 is 0 Å². The Labute approximate surface area is 192 Å². The van der Waals surface area contributed by atoms with Crippen LogP contribution in [0.15, 0.2) is 65.5 Å². The van der Waals surface area contributed by atoms with Crippen LogP contribution in [0.2, 0.25) is 0 Å². The molecule has 7 nitrogen and oxygen atoms in total. The second kappa shape index (κ2) is 8.58. The lowest BCUT2D eigenvalue weighted by Gasteiger charge is -2.37. The molecule has 1 aliphatic heterocycles. The van der Waals surface area contributed by atoms with Gasteiger partial charge in [0.25, 0.3) is 0 Å². The Kier molecular flexibility index (Phi) is 5.48. The first kappa shape index (κ1) is 20.4. The van der Waals surface area contributed by atoms with Crippen LogP contribution in [0.25, 0.3) is 10.9 Å². The Morgan fingerprint density at radius 3 is 2.44 bits per heavy atom. The standard InChI is InChI=1S/C23H20BrFN6O/c24-18-7-8-19(21-17(18)2-1-9-27-21)32-23-20(26)22(28-14-29-23)31-12-10-30(11-13-31)16-5-3-15(25)4-6-16/h1-9,14H,10-13,26H2. The summed E-state index contributed by atoms with van der Waals surface area (Å²) in [5.74, 6) is 1.28. The van der Waals surface area contributed by atoms with Crippen molar-refractivity contribution in [1.82, 2.24) is 15.0 Å². The van der Waals surface area contributed by atoms with Gasteiger partial charge in [0.15, 0.2) is 11.6 Å². The molecule has 1 aliphatic rings. The molecule has 0 aliphatic carbocycles. The summed E-state index contributed by atoms with van der Waals surface area (Å²) in [5, 5.41) is 0.940. The number of nitrogens with zero attached hydrogens (tertiary/aromatic N) is 5. The maximum atomic E-state index is 13.2. The molecule has 0 radical (unpaired) electrons. The predicted octanol–water partition coefficient (Wildman–Crippen LogP) is 4.63. The van der Waals surface area contributed by atoms with Crippen LogP contribution < -0.4 is 20.3 Å². The average molecular weight is 495 g/mol. The average Bonchev–Trinajstić information content (AvgIpc) is 2.83. The quantitative estimate of drug-likeness (QED) is 0.442. The molecule has 0 saturated carbocycles. The summed E-state index contributed by atoms with van der Waals surface area (Å²) >= 11 is 3.54. The molecule has 0 amide bonds. The number of anilines is 3. The highest BCUT2D eigenvalue weighted by atomic mass is 79.9. The number of nitrogen functional groups attached to an aromatic ring is 1. The Morgan fingerprint density at radius 1 is 0.906 bits per heavy atom. The fourth-order valence-electron chi connectivity index (χ4n) is 3.83. The van der Waals surface area contributed by atoms with Crippen molar-refractivity contribution in [3.63, 3.8) is 0 Å². The molecule has 2 N–H and O–H groups in total. The zero-order valence-electron chi connectivity index (χ0n) is 17.1. The minimum atomic E-state index is -0.234. The molecule has 0 atom stereocenters. The molecule has 9 heteroatoms. The van der Waals surface area contributed by atoms with E-state index in [1.807, 2.05) is 24.3 Å². The smallest absolute Gasteiger partial charge is 0.248 e. The molecular weight excluding hydrogens is 475 g/mol. The van der Waals surface area contributed by atoms with E-state index in [-0.39, 0.29) is 5.82 Å². The molecule has 32 heavy (non-hydrogen) atoms. The van der Waals surface area contributed by atoms with Gasteiger partial charge in [-0.25, -0.2) is 9.37 Å². The minimum absolute atomic E-state index is 0.234. The maximum Gasteiger partial charge on any atom is 0.248 e. The predicted molar refractivity (Wildman–Crippen MR) is 127 cm³/mol. The molecule has 5 rings (SSSR count). The third kappa shape index (κ3) is 3.91. The molecule has 0 bridgehead atoms. The van der Waals surface area contributed by atoms with Crippen LogP contribution in [0.3, 0.4) is 0 Å². The largest absolute Gasteiger partial charge is 0.435 e. The van der Waals surface area contributed by atoms with Crippen LogP contribution in [0.4, 0.5) is 21.6 Å². The van der Waals surface area contributed by atoms with Crippen molar-refractivity contribution in [2.24, 2.45) is 0 Å². The lowest BCUT2D eigenvalue weighted by Crippen LogP contribution is -2.47. The second-order valence-corrected chi connectivity index (χ2v) is 8.27. The zero-order chi connectivity index (χ0) is 22.1. The number of ether oxygens (including phenoxy) is 1. The van der Waals surface area contributed by atoms with Crippen LogP contribution in [0.1, 0.15) is 0 Å². The van der Waals surface area contributed by atoms with E-state index in [9.17, 15) is 4.39 Å². The molecule has 1 fully saturated rings. The summed E-state index contributed by atoms with van der Waals surface area (Å²) in [6.45, 7) is 2.99. The first-order chi connectivity index (χ1) is 15.6. The van der Waals surface area contributed by atoms with Gasteiger partial charge in [-0.2, -0.15) is 4.98 Å². The van der Waals surface area contributed by atoms with Crippen molar-refractivity contribution in [2.45, 2.75) is 0 Å². The third-order valence-corrected chi connectivity index (χ3v) is 6.17. The monoisotopic (exact) mass is 494 g/mol. The van der Waals surface area contributed by atoms with E-state index in [2.05, 4.69) is 40.7 Å². The number of benzene rings is 2. The van der Waals surface area contributed by atoms with Gasteiger partial charge in [-0.3, -0.25) is 4.98 Å². The van der Waals surface area contributed by atoms with E-state index in [0.29, 0.717) is 28.7 Å². The molecule has 162 valence electrons. The first-order valence-corrected chi connectivity index (χ1v) is 11.0. The number of hydrogen-bond acceptors (Lipinski definition) is 7. The number of nitrogens with two attached hydrogens (primary N) is 1. The maximum absolute atomic E-state index is 13.2. The number of pyridine rings is 1. The van der Waals surface area contributed by atoms with Gasteiger partial charge in [-0.15, -0.1) is 0 Å². The van der Waals surface area contributed by atoms with E-state index in [1.165, 1.54) is 18.5 Å². The van der Waals surface area contributed by atoms with Gasteiger partial charge < -0.3 is 20.3 Å². The summed E-state index contributed by atoms with van der Waals surface area (Å²) in [7, 11) is 0. The fourth-order valence-corrected chi connectivity index (χ4v) is 4.28. The van der Waals surface area contributed by atoms with Gasteiger partial charge >= 0.3 is 0 Å². The first-order valence-electron chi connectivity index (χ1n) is 10.2. The van der Waals surface area contributed by atoms with Crippen LogP contribution in [0, 0.1) is 5.82 Å². The van der Waals surface area contributed by atoms with Crippen molar-refractivity contribution >= 4 is 44.0 Å². The summed E-state index contributed by atoms with van der Waals surface area (Å²) < 4.78 is 20.2. The second-order valence-electron chi connectivity index (χ2n) is 7.41. The van der Waals surface area contributed by atoms with Crippen LogP contribution in [0.5, 0.6) is 11.6 Å². The van der Waals surface area contributed by atoms with Crippen LogP contribution in [-0.4, -0.2) is 41.1 Å². The van der Waals surface area contributed by atoms with Gasteiger partial charge in [0.2, 0.25) is 5.88 Å². The van der Waals surface area contributed by atoms with Gasteiger partial charge in [-0.05, 0) is 42.5 Å². The Morgan fingerprint density at radius 2 is 1.66 bits per heavy atom. The molecule has 1 saturated heterocycles. The molecule has 3 heterocycles. The van der Waals surface area contributed by atoms with Gasteiger partial charge in [0, 0.05) is 47.9 Å². The lowest BCUT2D eigenvalue weighted by atomic mass is 10.2.